The van der Waals surface area contributed by atoms with E-state index in [4.69, 9.17) is 9.47 Å². The van der Waals surface area contributed by atoms with Crippen LogP contribution in [0.1, 0.15) is 11.6 Å². The summed E-state index contributed by atoms with van der Waals surface area (Å²) < 4.78 is 35.5. The van der Waals surface area contributed by atoms with Gasteiger partial charge in [0.15, 0.2) is 11.5 Å². The Hall–Kier alpha value is -1.31. The average Bonchev–Trinajstić information content (AvgIpc) is 2.36. The molecule has 1 rings (SSSR count). The molecule has 0 spiro atoms. The predicted octanol–water partition coefficient (Wildman–Crippen LogP) is -0.561. The van der Waals surface area contributed by atoms with Crippen molar-refractivity contribution in [1.29, 1.82) is 0 Å². The van der Waals surface area contributed by atoms with Gasteiger partial charge in [-0.15, -0.1) is 0 Å². The first-order chi connectivity index (χ1) is 9.28. The minimum Gasteiger partial charge on any atom is -0.493 e. The lowest BCUT2D eigenvalue weighted by molar-refractivity contribution is -0.890. The molecule has 7 heteroatoms. The number of hydrogen-bond donors (Lipinski definition) is 2. The van der Waals surface area contributed by atoms with Crippen molar-refractivity contribution in [2.75, 3.05) is 41.1 Å². The third-order valence-corrected chi connectivity index (χ3v) is 3.75. The number of benzene rings is 1. The van der Waals surface area contributed by atoms with Crippen molar-refractivity contribution < 1.29 is 22.8 Å². The van der Waals surface area contributed by atoms with E-state index >= 15 is 0 Å². The minimum atomic E-state index is -3.21. The predicted molar refractivity (Wildman–Crippen MR) is 77.9 cm³/mol. The van der Waals surface area contributed by atoms with Gasteiger partial charge in [0.05, 0.1) is 41.1 Å². The van der Waals surface area contributed by atoms with Gasteiger partial charge >= 0.3 is 0 Å². The molecule has 1 aromatic carbocycles. The van der Waals surface area contributed by atoms with Gasteiger partial charge in [0, 0.05) is 5.56 Å². The lowest BCUT2D eigenvalue weighted by atomic mass is 10.1. The van der Waals surface area contributed by atoms with Crippen molar-refractivity contribution in [3.8, 4) is 11.5 Å². The van der Waals surface area contributed by atoms with Gasteiger partial charge in [-0.1, -0.05) is 0 Å². The van der Waals surface area contributed by atoms with Gasteiger partial charge in [-0.3, -0.25) is 0 Å². The molecule has 0 bridgehead atoms. The molecule has 0 aliphatic rings. The topological polar surface area (TPSA) is 69.1 Å². The standard InChI is InChI=1S/C13H22N2O4S/c1-15(2)11(9-14-20(5,16)17)10-6-7-12(18-3)13(8-10)19-4/h6-8,11,14H,9H2,1-5H3/p+1/t11-/m1/s1. The van der Waals surface area contributed by atoms with E-state index in [9.17, 15) is 8.42 Å². The second kappa shape index (κ2) is 6.92. The number of methoxy groups -OCH3 is 2. The van der Waals surface area contributed by atoms with E-state index < -0.39 is 10.0 Å². The highest BCUT2D eigenvalue weighted by Crippen LogP contribution is 2.29. The minimum absolute atomic E-state index is 0.00969. The van der Waals surface area contributed by atoms with Crippen molar-refractivity contribution in [3.63, 3.8) is 0 Å². The zero-order chi connectivity index (χ0) is 15.3. The number of rotatable bonds is 7. The molecule has 0 fully saturated rings. The maximum absolute atomic E-state index is 11.2. The number of likely N-dealkylation sites (N-methyl/N-ethyl adjacent to an activating group) is 1. The molecule has 0 heterocycles. The van der Waals surface area contributed by atoms with Crippen LogP contribution in [-0.2, 0) is 10.0 Å². The largest absolute Gasteiger partial charge is 0.493 e. The second-order valence-corrected chi connectivity index (χ2v) is 6.70. The van der Waals surface area contributed by atoms with E-state index in [0.29, 0.717) is 18.0 Å². The quantitative estimate of drug-likeness (QED) is 0.708. The first-order valence-corrected chi connectivity index (χ1v) is 8.14. The van der Waals surface area contributed by atoms with Crippen LogP contribution in [0.2, 0.25) is 0 Å². The molecule has 0 saturated carbocycles. The second-order valence-electron chi connectivity index (χ2n) is 4.86. The molecule has 0 saturated heterocycles. The van der Waals surface area contributed by atoms with Crippen molar-refractivity contribution in [2.45, 2.75) is 6.04 Å². The Morgan fingerprint density at radius 1 is 1.20 bits per heavy atom. The molecule has 0 radical (unpaired) electrons. The van der Waals surface area contributed by atoms with Gasteiger partial charge in [-0.05, 0) is 18.2 Å². The highest BCUT2D eigenvalue weighted by Gasteiger charge is 2.21. The number of hydrogen-bond acceptors (Lipinski definition) is 4. The van der Waals surface area contributed by atoms with E-state index in [1.54, 1.807) is 14.2 Å². The third kappa shape index (κ3) is 4.66. The first kappa shape index (κ1) is 16.7. The molecule has 20 heavy (non-hydrogen) atoms. The van der Waals surface area contributed by atoms with E-state index in [-0.39, 0.29) is 6.04 Å². The Morgan fingerprint density at radius 3 is 2.25 bits per heavy atom. The molecule has 114 valence electrons. The summed E-state index contributed by atoms with van der Waals surface area (Å²) in [6.45, 7) is 0.330. The molecule has 0 unspecified atom stereocenters. The summed E-state index contributed by atoms with van der Waals surface area (Å²) in [5.41, 5.74) is 0.985. The SMILES string of the molecule is COc1ccc([C@@H](CNS(C)(=O)=O)[NH+](C)C)cc1OC. The molecule has 0 aromatic heterocycles. The molecule has 2 N–H and O–H groups in total. The number of sulfonamides is 1. The van der Waals surface area contributed by atoms with Crippen LogP contribution in [0.15, 0.2) is 18.2 Å². The fourth-order valence-electron chi connectivity index (χ4n) is 1.96. The van der Waals surface area contributed by atoms with E-state index in [1.165, 1.54) is 0 Å². The highest BCUT2D eigenvalue weighted by atomic mass is 32.2. The molecular formula is C13H23N2O4S+. The average molecular weight is 303 g/mol. The molecular weight excluding hydrogens is 280 g/mol. The monoisotopic (exact) mass is 303 g/mol. The smallest absolute Gasteiger partial charge is 0.208 e. The van der Waals surface area contributed by atoms with Crippen molar-refractivity contribution >= 4 is 10.0 Å². The van der Waals surface area contributed by atoms with Crippen LogP contribution in [0.25, 0.3) is 0 Å². The van der Waals surface area contributed by atoms with Crippen LogP contribution in [0.3, 0.4) is 0 Å². The Bertz CT molecular complexity index is 543. The van der Waals surface area contributed by atoms with Gasteiger partial charge in [-0.25, -0.2) is 13.1 Å². The maximum atomic E-state index is 11.2. The molecule has 1 atom stereocenters. The highest BCUT2D eigenvalue weighted by molar-refractivity contribution is 7.88. The van der Waals surface area contributed by atoms with Crippen LogP contribution in [0, 0.1) is 0 Å². The Labute approximate surface area is 120 Å². The van der Waals surface area contributed by atoms with Gasteiger partial charge in [0.2, 0.25) is 10.0 Å². The van der Waals surface area contributed by atoms with E-state index in [2.05, 4.69) is 4.72 Å². The zero-order valence-corrected chi connectivity index (χ0v) is 13.4. The van der Waals surface area contributed by atoms with Gasteiger partial charge in [-0.2, -0.15) is 0 Å². The van der Waals surface area contributed by atoms with Gasteiger partial charge in [0.25, 0.3) is 0 Å². The Kier molecular flexibility index (Phi) is 5.79. The van der Waals surface area contributed by atoms with Crippen molar-refractivity contribution in [3.05, 3.63) is 23.8 Å². The third-order valence-electron chi connectivity index (χ3n) is 3.06. The van der Waals surface area contributed by atoms with Crippen LogP contribution in [0.4, 0.5) is 0 Å². The summed E-state index contributed by atoms with van der Waals surface area (Å²) in [6, 6.07) is 5.61. The first-order valence-electron chi connectivity index (χ1n) is 6.25. The summed E-state index contributed by atoms with van der Waals surface area (Å²) in [6.07, 6.45) is 1.16. The Morgan fingerprint density at radius 2 is 1.80 bits per heavy atom. The summed E-state index contributed by atoms with van der Waals surface area (Å²) in [7, 11) is 3.90. The van der Waals surface area contributed by atoms with Crippen LogP contribution >= 0.6 is 0 Å². The lowest BCUT2D eigenvalue weighted by Crippen LogP contribution is -3.07. The van der Waals surface area contributed by atoms with Gasteiger partial charge < -0.3 is 14.4 Å². The molecule has 1 aromatic rings. The normalized spacial score (nSPS) is 13.3. The summed E-state index contributed by atoms with van der Waals surface area (Å²) in [5.74, 6) is 1.29. The zero-order valence-electron chi connectivity index (χ0n) is 12.6. The molecule has 0 aliphatic carbocycles. The fraction of sp³-hybridized carbons (Fsp3) is 0.538. The summed E-state index contributed by atoms with van der Waals surface area (Å²) in [4.78, 5) is 1.12. The lowest BCUT2D eigenvalue weighted by Gasteiger charge is -2.22. The number of ether oxygens (including phenoxy) is 2. The van der Waals surface area contributed by atoms with Crippen LogP contribution in [-0.4, -0.2) is 49.5 Å². The van der Waals surface area contributed by atoms with E-state index in [0.717, 1.165) is 16.7 Å². The van der Waals surface area contributed by atoms with Crippen LogP contribution in [0.5, 0.6) is 11.5 Å². The maximum Gasteiger partial charge on any atom is 0.208 e. The number of nitrogens with one attached hydrogen (secondary N) is 2. The summed E-state index contributed by atoms with van der Waals surface area (Å²) >= 11 is 0. The van der Waals surface area contributed by atoms with Crippen LogP contribution < -0.4 is 19.1 Å². The fourth-order valence-corrected chi connectivity index (χ4v) is 2.43. The van der Waals surface area contributed by atoms with E-state index in [1.807, 2.05) is 32.3 Å². The number of quaternary nitrogens is 1. The summed E-state index contributed by atoms with van der Waals surface area (Å²) in [5, 5.41) is 0. The van der Waals surface area contributed by atoms with Crippen molar-refractivity contribution in [1.82, 2.24) is 4.72 Å². The molecule has 0 aliphatic heterocycles. The van der Waals surface area contributed by atoms with Gasteiger partial charge in [0.1, 0.15) is 6.04 Å². The molecule has 6 nitrogen and oxygen atoms in total. The van der Waals surface area contributed by atoms with Crippen molar-refractivity contribution in [2.24, 2.45) is 0 Å². The Balaban J connectivity index is 3.03. The molecule has 0 amide bonds.